The molecule has 0 amide bonds. The van der Waals surface area contributed by atoms with Gasteiger partial charge in [0, 0.05) is 42.4 Å². The molecule has 1 fully saturated rings. The van der Waals surface area contributed by atoms with Crippen molar-refractivity contribution >= 4 is 21.9 Å². The van der Waals surface area contributed by atoms with Crippen LogP contribution in [0.2, 0.25) is 0 Å². The largest absolute Gasteiger partial charge is 0.338 e. The smallest absolute Gasteiger partial charge is 0.225 e. The summed E-state index contributed by atoms with van der Waals surface area (Å²) in [4.78, 5) is 11.5. The number of hydrogen-bond donors (Lipinski definition) is 1. The molecule has 0 spiro atoms. The molecule has 0 atom stereocenters. The van der Waals surface area contributed by atoms with E-state index in [0.29, 0.717) is 0 Å². The summed E-state index contributed by atoms with van der Waals surface area (Å²) in [6, 6.07) is 8.24. The molecule has 1 aromatic carbocycles. The number of rotatable bonds is 2. The molecule has 1 N–H and O–H groups in total. The van der Waals surface area contributed by atoms with Gasteiger partial charge in [-0.1, -0.05) is 28.1 Å². The Kier molecular flexibility index (Phi) is 3.98. The first-order valence-electron chi connectivity index (χ1n) is 6.79. The summed E-state index contributed by atoms with van der Waals surface area (Å²) < 4.78 is 1.07. The highest BCUT2D eigenvalue weighted by atomic mass is 79.9. The first-order chi connectivity index (χ1) is 9.74. The normalized spacial score (nSPS) is 15.4. The minimum atomic E-state index is 0.826. The van der Waals surface area contributed by atoms with E-state index in [4.69, 9.17) is 4.98 Å². The summed E-state index contributed by atoms with van der Waals surface area (Å²) in [7, 11) is 0. The Balaban J connectivity index is 1.98. The Morgan fingerprint density at radius 2 is 2.05 bits per heavy atom. The number of halogens is 1. The SMILES string of the molecule is Cc1cnc(N2CCNCC2)nc1-c1cccc(Br)c1. The van der Waals surface area contributed by atoms with E-state index in [-0.39, 0.29) is 0 Å². The topological polar surface area (TPSA) is 41.1 Å². The van der Waals surface area contributed by atoms with Gasteiger partial charge >= 0.3 is 0 Å². The number of hydrogen-bond acceptors (Lipinski definition) is 4. The van der Waals surface area contributed by atoms with Gasteiger partial charge in [0.1, 0.15) is 0 Å². The van der Waals surface area contributed by atoms with E-state index in [1.165, 1.54) is 0 Å². The molecule has 1 aromatic heterocycles. The molecule has 1 aliphatic heterocycles. The number of benzene rings is 1. The molecule has 4 nitrogen and oxygen atoms in total. The van der Waals surface area contributed by atoms with Crippen LogP contribution in [0.15, 0.2) is 34.9 Å². The molecular formula is C15H17BrN4. The molecule has 5 heteroatoms. The molecule has 0 unspecified atom stereocenters. The Bertz CT molecular complexity index is 609. The highest BCUT2D eigenvalue weighted by Crippen LogP contribution is 2.25. The number of aryl methyl sites for hydroxylation is 1. The summed E-state index contributed by atoms with van der Waals surface area (Å²) in [5.41, 5.74) is 3.23. The van der Waals surface area contributed by atoms with Crippen molar-refractivity contribution < 1.29 is 0 Å². The van der Waals surface area contributed by atoms with E-state index < -0.39 is 0 Å². The summed E-state index contributed by atoms with van der Waals surface area (Å²) in [6.07, 6.45) is 1.92. The lowest BCUT2D eigenvalue weighted by Gasteiger charge is -2.27. The molecule has 0 saturated carbocycles. The van der Waals surface area contributed by atoms with Crippen LogP contribution in [0.4, 0.5) is 5.95 Å². The standard InChI is InChI=1S/C15H17BrN4/c1-11-10-18-15(20-7-5-17-6-8-20)19-14(11)12-3-2-4-13(16)9-12/h2-4,9-10,17H,5-8H2,1H3. The summed E-state index contributed by atoms with van der Waals surface area (Å²) in [5.74, 6) is 0.826. The second-order valence-electron chi connectivity index (χ2n) is 4.95. The molecule has 0 radical (unpaired) electrons. The average molecular weight is 333 g/mol. The van der Waals surface area contributed by atoms with Crippen LogP contribution in [-0.4, -0.2) is 36.1 Å². The van der Waals surface area contributed by atoms with Gasteiger partial charge in [0.15, 0.2) is 0 Å². The first-order valence-corrected chi connectivity index (χ1v) is 7.58. The van der Waals surface area contributed by atoms with Gasteiger partial charge in [0.25, 0.3) is 0 Å². The molecule has 0 bridgehead atoms. The van der Waals surface area contributed by atoms with Crippen molar-refractivity contribution in [3.63, 3.8) is 0 Å². The van der Waals surface area contributed by atoms with E-state index in [2.05, 4.69) is 50.2 Å². The molecule has 3 rings (SSSR count). The van der Waals surface area contributed by atoms with Gasteiger partial charge in [0.05, 0.1) is 5.69 Å². The van der Waals surface area contributed by atoms with Crippen molar-refractivity contribution in [3.05, 3.63) is 40.5 Å². The van der Waals surface area contributed by atoms with Gasteiger partial charge in [-0.15, -0.1) is 0 Å². The Morgan fingerprint density at radius 1 is 1.25 bits per heavy atom. The van der Waals surface area contributed by atoms with Crippen LogP contribution in [0.3, 0.4) is 0 Å². The summed E-state index contributed by atoms with van der Waals surface area (Å²) in [6.45, 7) is 5.95. The fourth-order valence-electron chi connectivity index (χ4n) is 2.38. The third-order valence-electron chi connectivity index (χ3n) is 3.46. The van der Waals surface area contributed by atoms with E-state index in [9.17, 15) is 0 Å². The number of nitrogens with one attached hydrogen (secondary N) is 1. The molecular weight excluding hydrogens is 316 g/mol. The van der Waals surface area contributed by atoms with Gasteiger partial charge in [-0.2, -0.15) is 0 Å². The quantitative estimate of drug-likeness (QED) is 0.917. The van der Waals surface area contributed by atoms with E-state index >= 15 is 0 Å². The van der Waals surface area contributed by atoms with Crippen LogP contribution in [0.5, 0.6) is 0 Å². The lowest BCUT2D eigenvalue weighted by molar-refractivity contribution is 0.580. The first kappa shape index (κ1) is 13.5. The van der Waals surface area contributed by atoms with Gasteiger partial charge < -0.3 is 10.2 Å². The second-order valence-corrected chi connectivity index (χ2v) is 5.86. The number of piperazine rings is 1. The van der Waals surface area contributed by atoms with Crippen molar-refractivity contribution in [2.24, 2.45) is 0 Å². The maximum absolute atomic E-state index is 4.77. The third kappa shape index (κ3) is 2.83. The zero-order chi connectivity index (χ0) is 13.9. The monoisotopic (exact) mass is 332 g/mol. The molecule has 0 aliphatic carbocycles. The summed E-state index contributed by atoms with van der Waals surface area (Å²) >= 11 is 3.52. The predicted octanol–water partition coefficient (Wildman–Crippen LogP) is 2.62. The lowest BCUT2D eigenvalue weighted by Crippen LogP contribution is -2.44. The van der Waals surface area contributed by atoms with Crippen molar-refractivity contribution in [1.29, 1.82) is 0 Å². The maximum Gasteiger partial charge on any atom is 0.225 e. The highest BCUT2D eigenvalue weighted by Gasteiger charge is 2.15. The maximum atomic E-state index is 4.77. The van der Waals surface area contributed by atoms with Crippen molar-refractivity contribution in [2.45, 2.75) is 6.92 Å². The Hall–Kier alpha value is -1.46. The van der Waals surface area contributed by atoms with Crippen LogP contribution >= 0.6 is 15.9 Å². The fourth-order valence-corrected chi connectivity index (χ4v) is 2.78. The minimum Gasteiger partial charge on any atom is -0.338 e. The second kappa shape index (κ2) is 5.89. The van der Waals surface area contributed by atoms with Crippen LogP contribution in [-0.2, 0) is 0 Å². The fraction of sp³-hybridized carbons (Fsp3) is 0.333. The Morgan fingerprint density at radius 3 is 2.80 bits per heavy atom. The molecule has 1 aliphatic rings. The average Bonchev–Trinajstić information content (AvgIpc) is 2.48. The summed E-state index contributed by atoms with van der Waals surface area (Å²) in [5, 5.41) is 3.35. The van der Waals surface area contributed by atoms with E-state index in [0.717, 1.165) is 53.4 Å². The van der Waals surface area contributed by atoms with Gasteiger partial charge in [-0.05, 0) is 24.6 Å². The lowest BCUT2D eigenvalue weighted by atomic mass is 10.1. The number of aromatic nitrogens is 2. The molecule has 1 saturated heterocycles. The van der Waals surface area contributed by atoms with Gasteiger partial charge in [0.2, 0.25) is 5.95 Å². The number of nitrogens with zero attached hydrogens (tertiary/aromatic N) is 3. The zero-order valence-electron chi connectivity index (χ0n) is 11.4. The predicted molar refractivity (Wildman–Crippen MR) is 85.0 cm³/mol. The molecule has 2 heterocycles. The van der Waals surface area contributed by atoms with E-state index in [1.54, 1.807) is 0 Å². The van der Waals surface area contributed by atoms with Crippen LogP contribution < -0.4 is 10.2 Å². The van der Waals surface area contributed by atoms with E-state index in [1.807, 2.05) is 18.3 Å². The molecule has 20 heavy (non-hydrogen) atoms. The van der Waals surface area contributed by atoms with Crippen molar-refractivity contribution in [3.8, 4) is 11.3 Å². The Labute approximate surface area is 127 Å². The molecule has 104 valence electrons. The number of anilines is 1. The van der Waals surface area contributed by atoms with Crippen LogP contribution in [0, 0.1) is 6.92 Å². The van der Waals surface area contributed by atoms with Crippen LogP contribution in [0.1, 0.15) is 5.56 Å². The van der Waals surface area contributed by atoms with Crippen LogP contribution in [0.25, 0.3) is 11.3 Å². The minimum absolute atomic E-state index is 0.826. The van der Waals surface area contributed by atoms with Gasteiger partial charge in [-0.3, -0.25) is 0 Å². The van der Waals surface area contributed by atoms with Crippen molar-refractivity contribution in [1.82, 2.24) is 15.3 Å². The highest BCUT2D eigenvalue weighted by molar-refractivity contribution is 9.10. The third-order valence-corrected chi connectivity index (χ3v) is 3.95. The molecule has 2 aromatic rings. The van der Waals surface area contributed by atoms with Gasteiger partial charge in [-0.25, -0.2) is 9.97 Å². The zero-order valence-corrected chi connectivity index (χ0v) is 13.0. The van der Waals surface area contributed by atoms with Crippen molar-refractivity contribution in [2.75, 3.05) is 31.1 Å².